The van der Waals surface area contributed by atoms with Crippen molar-refractivity contribution in [2.45, 2.75) is 37.8 Å². The second-order valence-electron chi connectivity index (χ2n) is 6.88. The second kappa shape index (κ2) is 7.94. The van der Waals surface area contributed by atoms with Crippen LogP contribution in [0.15, 0.2) is 18.5 Å². The van der Waals surface area contributed by atoms with Gasteiger partial charge in [0.25, 0.3) is 0 Å². The molecule has 0 amide bonds. The summed E-state index contributed by atoms with van der Waals surface area (Å²) in [5.74, 6) is 1.40. The number of methoxy groups -OCH3 is 1. The first-order valence-corrected chi connectivity index (χ1v) is 9.59. The molecule has 0 atom stereocenters. The van der Waals surface area contributed by atoms with E-state index in [-0.39, 0.29) is 6.10 Å². The molecule has 0 unspecified atom stereocenters. The number of fused-ring (bicyclic) bond motifs is 1. The fraction of sp³-hybridized carbons (Fsp3) is 0.579. The van der Waals surface area contributed by atoms with E-state index in [1.807, 2.05) is 12.1 Å². The molecule has 0 spiro atoms. The summed E-state index contributed by atoms with van der Waals surface area (Å²) in [5, 5.41) is 1.21. The highest BCUT2D eigenvalue weighted by Gasteiger charge is 2.28. The molecular formula is C19H24ClN3O3. The fourth-order valence-electron chi connectivity index (χ4n) is 3.93. The van der Waals surface area contributed by atoms with Gasteiger partial charge in [0.05, 0.1) is 31.9 Å². The Hall–Kier alpha value is -1.63. The summed E-state index contributed by atoms with van der Waals surface area (Å²) in [6, 6.07) is 4.40. The Morgan fingerprint density at radius 2 is 1.85 bits per heavy atom. The van der Waals surface area contributed by atoms with Crippen LogP contribution in [0.5, 0.6) is 11.5 Å². The van der Waals surface area contributed by atoms with Crippen LogP contribution in [0.3, 0.4) is 0 Å². The van der Waals surface area contributed by atoms with Gasteiger partial charge in [-0.3, -0.25) is 4.90 Å². The number of aromatic nitrogens is 2. The Balaban J connectivity index is 1.45. The molecule has 2 fully saturated rings. The van der Waals surface area contributed by atoms with E-state index in [9.17, 15) is 0 Å². The lowest BCUT2D eigenvalue weighted by atomic mass is 9.91. The molecule has 4 rings (SSSR count). The van der Waals surface area contributed by atoms with E-state index in [1.54, 1.807) is 7.11 Å². The highest BCUT2D eigenvalue weighted by molar-refractivity contribution is 6.34. The second-order valence-corrected chi connectivity index (χ2v) is 7.24. The summed E-state index contributed by atoms with van der Waals surface area (Å²) in [5.41, 5.74) is 0.755. The minimum absolute atomic E-state index is 0.196. The minimum atomic E-state index is 0.196. The SMILES string of the molecule is COc1cc2ncnc(Cl)c2cc1OC1CCC(N2CCOCC2)CC1. The maximum Gasteiger partial charge on any atom is 0.162 e. The third-order valence-electron chi connectivity index (χ3n) is 5.37. The molecule has 1 aliphatic heterocycles. The normalized spacial score (nSPS) is 24.5. The van der Waals surface area contributed by atoms with Crippen molar-refractivity contribution in [3.8, 4) is 11.5 Å². The van der Waals surface area contributed by atoms with Gasteiger partial charge in [-0.25, -0.2) is 9.97 Å². The minimum Gasteiger partial charge on any atom is -0.493 e. The molecule has 2 aliphatic rings. The highest BCUT2D eigenvalue weighted by atomic mass is 35.5. The van der Waals surface area contributed by atoms with Crippen LogP contribution in [0.4, 0.5) is 0 Å². The molecule has 0 N–H and O–H groups in total. The van der Waals surface area contributed by atoms with Crippen molar-refractivity contribution in [3.63, 3.8) is 0 Å². The molecule has 0 radical (unpaired) electrons. The Bertz CT molecular complexity index is 759. The first-order chi connectivity index (χ1) is 12.7. The summed E-state index contributed by atoms with van der Waals surface area (Å²) >= 11 is 6.21. The molecule has 140 valence electrons. The van der Waals surface area contributed by atoms with Crippen LogP contribution in [0.1, 0.15) is 25.7 Å². The average Bonchev–Trinajstić information content (AvgIpc) is 2.69. The summed E-state index contributed by atoms with van der Waals surface area (Å²) in [6.45, 7) is 3.81. The largest absolute Gasteiger partial charge is 0.493 e. The molecule has 7 heteroatoms. The van der Waals surface area contributed by atoms with Gasteiger partial charge in [-0.05, 0) is 31.7 Å². The lowest BCUT2D eigenvalue weighted by Gasteiger charge is -2.38. The van der Waals surface area contributed by atoms with Crippen LogP contribution in [-0.2, 0) is 4.74 Å². The van der Waals surface area contributed by atoms with Crippen LogP contribution >= 0.6 is 11.6 Å². The highest BCUT2D eigenvalue weighted by Crippen LogP contribution is 2.36. The number of morpholine rings is 1. The Morgan fingerprint density at radius 1 is 1.08 bits per heavy atom. The van der Waals surface area contributed by atoms with Gasteiger partial charge in [0.2, 0.25) is 0 Å². The molecule has 6 nitrogen and oxygen atoms in total. The van der Waals surface area contributed by atoms with E-state index in [0.29, 0.717) is 22.7 Å². The van der Waals surface area contributed by atoms with Crippen LogP contribution in [0.25, 0.3) is 10.9 Å². The smallest absolute Gasteiger partial charge is 0.162 e. The van der Waals surface area contributed by atoms with Crippen LogP contribution in [-0.4, -0.2) is 60.4 Å². The lowest BCUT2D eigenvalue weighted by molar-refractivity contribution is -0.00120. The maximum atomic E-state index is 6.29. The standard InChI is InChI=1S/C19H24ClN3O3/c1-24-17-11-16-15(19(20)22-12-21-16)10-18(17)26-14-4-2-13(3-5-14)23-6-8-25-9-7-23/h10-14H,2-9H2,1H3. The quantitative estimate of drug-likeness (QED) is 0.762. The Kier molecular flexibility index (Phi) is 5.43. The average molecular weight is 378 g/mol. The Labute approximate surface area is 158 Å². The van der Waals surface area contributed by atoms with Gasteiger partial charge in [0.1, 0.15) is 11.5 Å². The molecule has 1 saturated heterocycles. The van der Waals surface area contributed by atoms with Crippen molar-refractivity contribution in [2.24, 2.45) is 0 Å². The fourth-order valence-corrected chi connectivity index (χ4v) is 4.13. The van der Waals surface area contributed by atoms with Gasteiger partial charge in [-0.2, -0.15) is 0 Å². The summed E-state index contributed by atoms with van der Waals surface area (Å²) in [6.07, 6.45) is 6.05. The molecule has 1 aliphatic carbocycles. The number of nitrogens with zero attached hydrogens (tertiary/aromatic N) is 3. The van der Waals surface area contributed by atoms with Crippen LogP contribution in [0, 0.1) is 0 Å². The van der Waals surface area contributed by atoms with Gasteiger partial charge < -0.3 is 14.2 Å². The Morgan fingerprint density at radius 3 is 2.58 bits per heavy atom. The predicted octanol–water partition coefficient (Wildman–Crippen LogP) is 3.31. The molecule has 2 aromatic rings. The first kappa shape index (κ1) is 17.8. The van der Waals surface area contributed by atoms with Crippen LogP contribution < -0.4 is 9.47 Å². The first-order valence-electron chi connectivity index (χ1n) is 9.21. The van der Waals surface area contributed by atoms with E-state index in [2.05, 4.69) is 14.9 Å². The molecule has 1 aromatic carbocycles. The summed E-state index contributed by atoms with van der Waals surface area (Å²) in [7, 11) is 1.64. The van der Waals surface area contributed by atoms with Crippen molar-refractivity contribution in [2.75, 3.05) is 33.4 Å². The molecule has 1 saturated carbocycles. The van der Waals surface area contributed by atoms with E-state index >= 15 is 0 Å². The zero-order valence-electron chi connectivity index (χ0n) is 15.0. The lowest BCUT2D eigenvalue weighted by Crippen LogP contribution is -2.46. The van der Waals surface area contributed by atoms with Crippen molar-refractivity contribution < 1.29 is 14.2 Å². The topological polar surface area (TPSA) is 56.7 Å². The number of halogens is 1. The number of hydrogen-bond donors (Lipinski definition) is 0. The summed E-state index contributed by atoms with van der Waals surface area (Å²) < 4.78 is 17.3. The van der Waals surface area contributed by atoms with Crippen molar-refractivity contribution in [1.82, 2.24) is 14.9 Å². The van der Waals surface area contributed by atoms with E-state index < -0.39 is 0 Å². The van der Waals surface area contributed by atoms with E-state index in [4.69, 9.17) is 25.8 Å². The molecular weight excluding hydrogens is 354 g/mol. The third kappa shape index (κ3) is 3.72. The van der Waals surface area contributed by atoms with E-state index in [0.717, 1.165) is 62.9 Å². The van der Waals surface area contributed by atoms with Gasteiger partial charge in [0, 0.05) is 30.6 Å². The number of benzene rings is 1. The van der Waals surface area contributed by atoms with Gasteiger partial charge in [-0.1, -0.05) is 11.6 Å². The van der Waals surface area contributed by atoms with Crippen molar-refractivity contribution in [3.05, 3.63) is 23.6 Å². The number of ether oxygens (including phenoxy) is 3. The molecule has 2 heterocycles. The maximum absolute atomic E-state index is 6.29. The number of rotatable bonds is 4. The van der Waals surface area contributed by atoms with Crippen LogP contribution in [0.2, 0.25) is 5.15 Å². The number of hydrogen-bond acceptors (Lipinski definition) is 6. The predicted molar refractivity (Wildman–Crippen MR) is 100 cm³/mol. The molecule has 0 bridgehead atoms. The third-order valence-corrected chi connectivity index (χ3v) is 5.67. The van der Waals surface area contributed by atoms with Gasteiger partial charge in [-0.15, -0.1) is 0 Å². The summed E-state index contributed by atoms with van der Waals surface area (Å²) in [4.78, 5) is 10.9. The molecule has 1 aromatic heterocycles. The monoisotopic (exact) mass is 377 g/mol. The van der Waals surface area contributed by atoms with Gasteiger partial charge >= 0.3 is 0 Å². The molecule has 26 heavy (non-hydrogen) atoms. The zero-order valence-corrected chi connectivity index (χ0v) is 15.7. The van der Waals surface area contributed by atoms with Crippen molar-refractivity contribution in [1.29, 1.82) is 0 Å². The zero-order chi connectivity index (χ0) is 17.9. The van der Waals surface area contributed by atoms with Gasteiger partial charge in [0.15, 0.2) is 11.5 Å². The van der Waals surface area contributed by atoms with Crippen molar-refractivity contribution >= 4 is 22.5 Å². The van der Waals surface area contributed by atoms with E-state index in [1.165, 1.54) is 6.33 Å².